The topological polar surface area (TPSA) is 85.8 Å². The fourth-order valence-corrected chi connectivity index (χ4v) is 3.12. The SMILES string of the molecule is CCS(=O)(=O)NCCNC(=NC)NCCCN1CCC(C)CC1. The summed E-state index contributed by atoms with van der Waals surface area (Å²) in [6.45, 7) is 9.25. The van der Waals surface area contributed by atoms with Gasteiger partial charge in [-0.25, -0.2) is 13.1 Å². The van der Waals surface area contributed by atoms with E-state index in [1.54, 1.807) is 14.0 Å². The Kier molecular flexibility index (Phi) is 9.50. The Morgan fingerprint density at radius 1 is 1.17 bits per heavy atom. The molecule has 0 aromatic carbocycles. The summed E-state index contributed by atoms with van der Waals surface area (Å²) in [5.41, 5.74) is 0. The average molecular weight is 348 g/mol. The number of aliphatic imine (C=N–C) groups is 1. The molecule has 0 atom stereocenters. The molecule has 1 aliphatic rings. The van der Waals surface area contributed by atoms with Gasteiger partial charge in [0, 0.05) is 26.7 Å². The van der Waals surface area contributed by atoms with Gasteiger partial charge in [-0.15, -0.1) is 0 Å². The minimum atomic E-state index is -3.12. The van der Waals surface area contributed by atoms with Crippen LogP contribution in [0.25, 0.3) is 0 Å². The summed E-state index contributed by atoms with van der Waals surface area (Å²) in [7, 11) is -1.40. The number of piperidine rings is 1. The lowest BCUT2D eigenvalue weighted by Crippen LogP contribution is -2.42. The van der Waals surface area contributed by atoms with Gasteiger partial charge >= 0.3 is 0 Å². The van der Waals surface area contributed by atoms with Crippen LogP contribution in [0, 0.1) is 5.92 Å². The molecule has 1 saturated heterocycles. The maximum atomic E-state index is 11.3. The van der Waals surface area contributed by atoms with Crippen LogP contribution in [-0.4, -0.2) is 71.3 Å². The zero-order chi connectivity index (χ0) is 17.1. The maximum absolute atomic E-state index is 11.3. The Hall–Kier alpha value is -0.860. The van der Waals surface area contributed by atoms with Crippen LogP contribution >= 0.6 is 0 Å². The predicted octanol–water partition coefficient (Wildman–Crippen LogP) is 0.213. The molecule has 0 saturated carbocycles. The van der Waals surface area contributed by atoms with Gasteiger partial charge in [-0.05, 0) is 51.7 Å². The molecule has 1 rings (SSSR count). The van der Waals surface area contributed by atoms with E-state index in [1.165, 1.54) is 25.9 Å². The molecule has 0 bridgehead atoms. The van der Waals surface area contributed by atoms with Gasteiger partial charge in [-0.2, -0.15) is 0 Å². The van der Waals surface area contributed by atoms with Crippen molar-refractivity contribution < 1.29 is 8.42 Å². The zero-order valence-electron chi connectivity index (χ0n) is 14.8. The highest BCUT2D eigenvalue weighted by Gasteiger charge is 2.14. The highest BCUT2D eigenvalue weighted by molar-refractivity contribution is 7.89. The quantitative estimate of drug-likeness (QED) is 0.315. The lowest BCUT2D eigenvalue weighted by molar-refractivity contribution is 0.191. The number of hydrogen-bond acceptors (Lipinski definition) is 4. The highest BCUT2D eigenvalue weighted by atomic mass is 32.2. The summed E-state index contributed by atoms with van der Waals surface area (Å²) >= 11 is 0. The minimum Gasteiger partial charge on any atom is -0.356 e. The number of nitrogens with one attached hydrogen (secondary N) is 3. The first-order chi connectivity index (χ1) is 11.0. The van der Waals surface area contributed by atoms with Crippen LogP contribution in [0.5, 0.6) is 0 Å². The van der Waals surface area contributed by atoms with Gasteiger partial charge < -0.3 is 15.5 Å². The number of nitrogens with zero attached hydrogens (tertiary/aromatic N) is 2. The van der Waals surface area contributed by atoms with Gasteiger partial charge in [0.25, 0.3) is 0 Å². The van der Waals surface area contributed by atoms with Crippen molar-refractivity contribution in [2.45, 2.75) is 33.1 Å². The predicted molar refractivity (Wildman–Crippen MR) is 96.3 cm³/mol. The van der Waals surface area contributed by atoms with Gasteiger partial charge in [0.15, 0.2) is 5.96 Å². The van der Waals surface area contributed by atoms with Crippen LogP contribution in [-0.2, 0) is 10.0 Å². The smallest absolute Gasteiger partial charge is 0.211 e. The van der Waals surface area contributed by atoms with E-state index < -0.39 is 10.0 Å². The van der Waals surface area contributed by atoms with Crippen LogP contribution in [0.3, 0.4) is 0 Å². The molecule has 0 unspecified atom stereocenters. The molecule has 7 nitrogen and oxygen atoms in total. The Bertz CT molecular complexity index is 445. The summed E-state index contributed by atoms with van der Waals surface area (Å²) in [5, 5.41) is 6.37. The van der Waals surface area contributed by atoms with Crippen molar-refractivity contribution in [3.63, 3.8) is 0 Å². The van der Waals surface area contributed by atoms with E-state index in [4.69, 9.17) is 0 Å². The molecule has 0 aliphatic carbocycles. The first-order valence-corrected chi connectivity index (χ1v) is 10.3. The van der Waals surface area contributed by atoms with E-state index >= 15 is 0 Å². The summed E-state index contributed by atoms with van der Waals surface area (Å²) in [5.74, 6) is 1.69. The van der Waals surface area contributed by atoms with E-state index in [0.717, 1.165) is 25.4 Å². The van der Waals surface area contributed by atoms with E-state index in [1.807, 2.05) is 0 Å². The zero-order valence-corrected chi connectivity index (χ0v) is 15.6. The molecule has 0 radical (unpaired) electrons. The number of guanidine groups is 1. The van der Waals surface area contributed by atoms with E-state index in [0.29, 0.717) is 19.0 Å². The molecule has 0 amide bonds. The Morgan fingerprint density at radius 2 is 1.83 bits per heavy atom. The van der Waals surface area contributed by atoms with Gasteiger partial charge in [-0.3, -0.25) is 4.99 Å². The van der Waals surface area contributed by atoms with Crippen LogP contribution in [0.2, 0.25) is 0 Å². The van der Waals surface area contributed by atoms with Crippen molar-refractivity contribution in [2.24, 2.45) is 10.9 Å². The number of likely N-dealkylation sites (tertiary alicyclic amines) is 1. The third-order valence-electron chi connectivity index (χ3n) is 4.16. The Labute approximate surface area is 141 Å². The molecule has 0 spiro atoms. The number of sulfonamides is 1. The standard InChI is InChI=1S/C15H33N5O2S/c1-4-23(21,22)19-10-9-18-15(16-3)17-8-5-11-20-12-6-14(2)7-13-20/h14,19H,4-13H2,1-3H3,(H2,16,17,18). The molecule has 1 aliphatic heterocycles. The second kappa shape index (κ2) is 10.8. The van der Waals surface area contributed by atoms with Crippen molar-refractivity contribution in [1.82, 2.24) is 20.3 Å². The van der Waals surface area contributed by atoms with E-state index in [9.17, 15) is 8.42 Å². The Balaban J connectivity index is 2.08. The molecule has 23 heavy (non-hydrogen) atoms. The van der Waals surface area contributed by atoms with E-state index in [-0.39, 0.29) is 5.75 Å². The molecule has 136 valence electrons. The largest absolute Gasteiger partial charge is 0.356 e. The average Bonchev–Trinajstić information content (AvgIpc) is 2.55. The van der Waals surface area contributed by atoms with Gasteiger partial charge in [-0.1, -0.05) is 6.92 Å². The van der Waals surface area contributed by atoms with Crippen LogP contribution in [0.1, 0.15) is 33.1 Å². The van der Waals surface area contributed by atoms with Crippen molar-refractivity contribution in [3.8, 4) is 0 Å². The van der Waals surface area contributed by atoms with Gasteiger partial charge in [0.1, 0.15) is 0 Å². The summed E-state index contributed by atoms with van der Waals surface area (Å²) in [6.07, 6.45) is 3.70. The second-order valence-corrected chi connectivity index (χ2v) is 8.20. The fraction of sp³-hybridized carbons (Fsp3) is 0.933. The second-order valence-electron chi connectivity index (χ2n) is 6.10. The number of hydrogen-bond donors (Lipinski definition) is 3. The first-order valence-electron chi connectivity index (χ1n) is 8.61. The highest BCUT2D eigenvalue weighted by Crippen LogP contribution is 2.15. The molecule has 1 fully saturated rings. The third kappa shape index (κ3) is 9.12. The Morgan fingerprint density at radius 3 is 2.43 bits per heavy atom. The molecular formula is C15H33N5O2S. The lowest BCUT2D eigenvalue weighted by atomic mass is 9.99. The van der Waals surface area contributed by atoms with Crippen LogP contribution < -0.4 is 15.4 Å². The molecule has 0 aromatic heterocycles. The van der Waals surface area contributed by atoms with Gasteiger partial charge in [0.05, 0.1) is 5.75 Å². The maximum Gasteiger partial charge on any atom is 0.211 e. The molecule has 3 N–H and O–H groups in total. The van der Waals surface area contributed by atoms with Crippen LogP contribution in [0.15, 0.2) is 4.99 Å². The molecule has 1 heterocycles. The van der Waals surface area contributed by atoms with Crippen molar-refractivity contribution in [1.29, 1.82) is 0 Å². The van der Waals surface area contributed by atoms with Crippen molar-refractivity contribution in [3.05, 3.63) is 0 Å². The van der Waals surface area contributed by atoms with E-state index in [2.05, 4.69) is 32.2 Å². The van der Waals surface area contributed by atoms with Crippen LogP contribution in [0.4, 0.5) is 0 Å². The summed E-state index contributed by atoms with van der Waals surface area (Å²) in [6, 6.07) is 0. The first kappa shape index (κ1) is 20.2. The van der Waals surface area contributed by atoms with Crippen molar-refractivity contribution >= 4 is 16.0 Å². The molecule has 0 aromatic rings. The monoisotopic (exact) mass is 347 g/mol. The molecule has 8 heteroatoms. The summed E-state index contributed by atoms with van der Waals surface area (Å²) < 4.78 is 25.1. The fourth-order valence-electron chi connectivity index (χ4n) is 2.51. The third-order valence-corrected chi connectivity index (χ3v) is 5.57. The lowest BCUT2D eigenvalue weighted by Gasteiger charge is -2.30. The summed E-state index contributed by atoms with van der Waals surface area (Å²) in [4.78, 5) is 6.67. The van der Waals surface area contributed by atoms with Gasteiger partial charge in [0.2, 0.25) is 10.0 Å². The number of rotatable bonds is 9. The van der Waals surface area contributed by atoms with Crippen molar-refractivity contribution in [2.75, 3.05) is 52.1 Å². The normalized spacial score (nSPS) is 18.1. The molecular weight excluding hydrogens is 314 g/mol. The minimum absolute atomic E-state index is 0.106.